The van der Waals surface area contributed by atoms with E-state index in [2.05, 4.69) is 10.1 Å². The summed E-state index contributed by atoms with van der Waals surface area (Å²) in [6.45, 7) is 5.42. The molecule has 0 unspecified atom stereocenters. The molecular weight excluding hydrogens is 452 g/mol. The number of aliphatic hydroxyl groups excluding tert-OH is 1. The Bertz CT molecular complexity index is 1050. The van der Waals surface area contributed by atoms with Crippen LogP contribution in [0, 0.1) is 11.8 Å². The molecule has 0 amide bonds. The van der Waals surface area contributed by atoms with Crippen LogP contribution in [-0.4, -0.2) is 56.6 Å². The topological polar surface area (TPSA) is 138 Å². The van der Waals surface area contributed by atoms with Gasteiger partial charge in [-0.3, -0.25) is 9.59 Å². The Labute approximate surface area is 205 Å². The normalized spacial score (nSPS) is 27.4. The first kappa shape index (κ1) is 25.4. The van der Waals surface area contributed by atoms with Crippen LogP contribution in [0.15, 0.2) is 18.5 Å². The second-order valence-electron chi connectivity index (χ2n) is 10.3. The van der Waals surface area contributed by atoms with E-state index in [1.165, 1.54) is 12.7 Å². The van der Waals surface area contributed by atoms with E-state index >= 15 is 0 Å². The number of fused-ring (bicyclic) bond motifs is 1. The molecule has 4 atom stereocenters. The van der Waals surface area contributed by atoms with Crippen molar-refractivity contribution in [1.82, 2.24) is 14.6 Å². The van der Waals surface area contributed by atoms with Crippen LogP contribution >= 0.6 is 0 Å². The van der Waals surface area contributed by atoms with Gasteiger partial charge >= 0.3 is 11.9 Å². The van der Waals surface area contributed by atoms with Gasteiger partial charge in [0, 0.05) is 12.8 Å². The van der Waals surface area contributed by atoms with Gasteiger partial charge in [0.1, 0.15) is 36.3 Å². The predicted molar refractivity (Wildman–Crippen MR) is 127 cm³/mol. The van der Waals surface area contributed by atoms with Crippen molar-refractivity contribution >= 4 is 23.3 Å². The van der Waals surface area contributed by atoms with E-state index in [1.54, 1.807) is 23.6 Å². The minimum absolute atomic E-state index is 0.139. The summed E-state index contributed by atoms with van der Waals surface area (Å²) in [6, 6.07) is 3.49. The number of carbonyl (C=O) groups excluding carboxylic acids is 2. The van der Waals surface area contributed by atoms with Crippen LogP contribution in [0.5, 0.6) is 0 Å². The Balaban J connectivity index is 1.56. The van der Waals surface area contributed by atoms with Gasteiger partial charge in [-0.05, 0) is 43.7 Å². The van der Waals surface area contributed by atoms with Crippen molar-refractivity contribution in [3.05, 3.63) is 24.2 Å². The summed E-state index contributed by atoms with van der Waals surface area (Å²) in [7, 11) is 0. The van der Waals surface area contributed by atoms with Crippen molar-refractivity contribution < 1.29 is 28.9 Å². The summed E-state index contributed by atoms with van der Waals surface area (Å²) in [6.07, 6.45) is 4.26. The van der Waals surface area contributed by atoms with E-state index in [4.69, 9.17) is 19.9 Å². The fraction of sp³-hybridized carbons (Fsp3) is 0.680. The Morgan fingerprint density at radius 3 is 2.71 bits per heavy atom. The third kappa shape index (κ3) is 5.43. The van der Waals surface area contributed by atoms with Gasteiger partial charge in [-0.1, -0.05) is 33.1 Å². The number of nitrogen functional groups attached to an aromatic ring is 1. The van der Waals surface area contributed by atoms with Crippen molar-refractivity contribution in [3.8, 4) is 0 Å². The maximum Gasteiger partial charge on any atom is 0.306 e. The summed E-state index contributed by atoms with van der Waals surface area (Å²) >= 11 is 0. The zero-order valence-corrected chi connectivity index (χ0v) is 20.7. The molecule has 1 aliphatic heterocycles. The fourth-order valence-corrected chi connectivity index (χ4v) is 5.17. The number of rotatable bonds is 8. The van der Waals surface area contributed by atoms with Crippen LogP contribution in [0.2, 0.25) is 0 Å². The zero-order chi connectivity index (χ0) is 25.2. The van der Waals surface area contributed by atoms with Crippen molar-refractivity contribution in [2.45, 2.75) is 89.6 Å². The van der Waals surface area contributed by atoms with Crippen LogP contribution in [0.1, 0.15) is 71.4 Å². The molecule has 2 aromatic heterocycles. The van der Waals surface area contributed by atoms with Crippen molar-refractivity contribution in [3.63, 3.8) is 0 Å². The maximum atomic E-state index is 12.9. The van der Waals surface area contributed by atoms with Gasteiger partial charge in [-0.25, -0.2) is 9.50 Å². The summed E-state index contributed by atoms with van der Waals surface area (Å²) in [5.74, 6) is -0.0219. The lowest BCUT2D eigenvalue weighted by Crippen LogP contribution is -2.42. The molecule has 1 saturated heterocycles. The van der Waals surface area contributed by atoms with E-state index in [-0.39, 0.29) is 36.7 Å². The fourth-order valence-electron chi connectivity index (χ4n) is 5.17. The molecule has 10 nitrogen and oxygen atoms in total. The lowest BCUT2D eigenvalue weighted by molar-refractivity contribution is -0.161. The number of carbonyl (C=O) groups is 2. The van der Waals surface area contributed by atoms with Crippen molar-refractivity contribution in [1.29, 1.82) is 0 Å². The molecule has 0 bridgehead atoms. The van der Waals surface area contributed by atoms with Crippen LogP contribution in [0.25, 0.3) is 5.52 Å². The van der Waals surface area contributed by atoms with Crippen molar-refractivity contribution in [2.75, 3.05) is 12.3 Å². The monoisotopic (exact) mass is 488 g/mol. The van der Waals surface area contributed by atoms with Gasteiger partial charge in [0.2, 0.25) is 0 Å². The van der Waals surface area contributed by atoms with Gasteiger partial charge < -0.3 is 25.1 Å². The molecule has 2 aromatic rings. The molecule has 35 heavy (non-hydrogen) atoms. The highest BCUT2D eigenvalue weighted by molar-refractivity contribution is 5.70. The molecule has 0 aromatic carbocycles. The van der Waals surface area contributed by atoms with Crippen LogP contribution in [-0.2, 0) is 29.4 Å². The molecule has 0 spiro atoms. The molecule has 3 heterocycles. The quantitative estimate of drug-likeness (QED) is 0.537. The standard InChI is InChI=1S/C25H36N4O6/c1-15(2)11-20(30)33-13-18-22(34-21(31)12-16-7-5-4-6-8-16)23(32)25(3,35-18)19-10-9-17-24(26)27-14-28-29(17)19/h9-10,14-16,18,22-23,32H,4-8,11-13H2,1-3H3,(H2,26,27,28)/t18-,22-,23-,25+/m1/s1. The Morgan fingerprint density at radius 2 is 2.00 bits per heavy atom. The van der Waals surface area contributed by atoms with Gasteiger partial charge in [0.05, 0.1) is 5.69 Å². The Kier molecular flexibility index (Phi) is 7.61. The number of nitrogens with zero attached hydrogens (tertiary/aromatic N) is 3. The lowest BCUT2D eigenvalue weighted by atomic mass is 9.87. The SMILES string of the molecule is CC(C)CC(=O)OC[C@H]1O[C@@](C)(c2ccc3c(N)ncnn23)[C@H](O)[C@@H]1OC(=O)CC1CCCCC1. The Morgan fingerprint density at radius 1 is 1.26 bits per heavy atom. The van der Waals surface area contributed by atoms with Gasteiger partial charge in [0.25, 0.3) is 0 Å². The number of hydrogen-bond donors (Lipinski definition) is 2. The number of hydrogen-bond acceptors (Lipinski definition) is 9. The minimum atomic E-state index is -1.29. The molecule has 3 N–H and O–H groups in total. The highest BCUT2D eigenvalue weighted by Crippen LogP contribution is 2.42. The van der Waals surface area contributed by atoms with E-state index in [1.807, 2.05) is 13.8 Å². The molecule has 10 heteroatoms. The smallest absolute Gasteiger partial charge is 0.306 e. The molecule has 192 valence electrons. The number of esters is 2. The van der Waals surface area contributed by atoms with E-state index < -0.39 is 23.9 Å². The molecule has 1 aliphatic carbocycles. The molecular formula is C25H36N4O6. The number of anilines is 1. The lowest BCUT2D eigenvalue weighted by Gasteiger charge is -2.28. The first-order valence-electron chi connectivity index (χ1n) is 12.5. The number of aromatic nitrogens is 3. The average Bonchev–Trinajstić information content (AvgIpc) is 3.35. The van der Waals surface area contributed by atoms with E-state index in [0.717, 1.165) is 25.7 Å². The third-order valence-corrected chi connectivity index (χ3v) is 7.06. The summed E-state index contributed by atoms with van der Waals surface area (Å²) in [5, 5.41) is 15.7. The zero-order valence-electron chi connectivity index (χ0n) is 20.7. The van der Waals surface area contributed by atoms with Crippen molar-refractivity contribution in [2.24, 2.45) is 11.8 Å². The second kappa shape index (κ2) is 10.5. The van der Waals surface area contributed by atoms with E-state index in [9.17, 15) is 14.7 Å². The predicted octanol–water partition coefficient (Wildman–Crippen LogP) is 2.76. The average molecular weight is 489 g/mol. The number of nitrogens with two attached hydrogens (primary N) is 1. The van der Waals surface area contributed by atoms with Crippen LogP contribution < -0.4 is 5.73 Å². The highest BCUT2D eigenvalue weighted by Gasteiger charge is 2.56. The summed E-state index contributed by atoms with van der Waals surface area (Å²) in [5.41, 5.74) is 5.77. The maximum absolute atomic E-state index is 12.9. The molecule has 2 aliphatic rings. The number of aliphatic hydroxyl groups is 1. The molecule has 2 fully saturated rings. The third-order valence-electron chi connectivity index (χ3n) is 7.06. The van der Waals surface area contributed by atoms with Gasteiger partial charge in [0.15, 0.2) is 11.9 Å². The molecule has 4 rings (SSSR count). The first-order valence-corrected chi connectivity index (χ1v) is 12.5. The highest BCUT2D eigenvalue weighted by atomic mass is 16.6. The minimum Gasteiger partial charge on any atom is -0.463 e. The van der Waals surface area contributed by atoms with Gasteiger partial charge in [-0.2, -0.15) is 5.10 Å². The Hall–Kier alpha value is -2.72. The van der Waals surface area contributed by atoms with Gasteiger partial charge in [-0.15, -0.1) is 0 Å². The number of ether oxygens (including phenoxy) is 3. The largest absolute Gasteiger partial charge is 0.463 e. The van der Waals surface area contributed by atoms with Crippen LogP contribution in [0.4, 0.5) is 5.82 Å². The van der Waals surface area contributed by atoms with Crippen LogP contribution in [0.3, 0.4) is 0 Å². The summed E-state index contributed by atoms with van der Waals surface area (Å²) < 4.78 is 19.1. The molecule has 0 radical (unpaired) electrons. The first-order chi connectivity index (χ1) is 16.7. The molecule has 1 saturated carbocycles. The summed E-state index contributed by atoms with van der Waals surface area (Å²) in [4.78, 5) is 29.1. The second-order valence-corrected chi connectivity index (χ2v) is 10.3. The van der Waals surface area contributed by atoms with E-state index in [0.29, 0.717) is 23.5 Å².